The van der Waals surface area contributed by atoms with Gasteiger partial charge in [-0.3, -0.25) is 0 Å². The highest BCUT2D eigenvalue weighted by Crippen LogP contribution is 2.43. The van der Waals surface area contributed by atoms with E-state index in [9.17, 15) is 9.18 Å². The summed E-state index contributed by atoms with van der Waals surface area (Å²) < 4.78 is 24.3. The molecule has 0 radical (unpaired) electrons. The Morgan fingerprint density at radius 3 is 2.57 bits per heavy atom. The number of rotatable bonds is 3. The Bertz CT molecular complexity index is 699. The summed E-state index contributed by atoms with van der Waals surface area (Å²) in [5.74, 6) is 0.0959. The second-order valence-corrected chi connectivity index (χ2v) is 5.21. The molecular weight excluding hydrogens is 295 g/mol. The van der Waals surface area contributed by atoms with Crippen molar-refractivity contribution < 1.29 is 18.7 Å². The van der Waals surface area contributed by atoms with Crippen molar-refractivity contribution >= 4 is 17.6 Å². The van der Waals surface area contributed by atoms with Gasteiger partial charge in [0, 0.05) is 16.1 Å². The van der Waals surface area contributed by atoms with E-state index in [4.69, 9.17) is 21.1 Å². The van der Waals surface area contributed by atoms with E-state index >= 15 is 0 Å². The predicted molar refractivity (Wildman–Crippen MR) is 76.6 cm³/mol. The number of ether oxygens (including phenoxy) is 2. The van der Waals surface area contributed by atoms with Crippen LogP contribution in [0.15, 0.2) is 42.5 Å². The number of halogens is 2. The minimum absolute atomic E-state index is 0.341. The molecule has 3 rings (SSSR count). The summed E-state index contributed by atoms with van der Waals surface area (Å²) in [7, 11) is 1.55. The van der Waals surface area contributed by atoms with Crippen molar-refractivity contribution in [3.05, 3.63) is 64.2 Å². The van der Waals surface area contributed by atoms with Crippen molar-refractivity contribution in [3.8, 4) is 5.75 Å². The molecule has 0 aromatic heterocycles. The molecule has 0 bridgehead atoms. The van der Waals surface area contributed by atoms with Gasteiger partial charge in [0.2, 0.25) is 0 Å². The van der Waals surface area contributed by atoms with Crippen molar-refractivity contribution in [2.24, 2.45) is 0 Å². The van der Waals surface area contributed by atoms with Crippen LogP contribution in [-0.4, -0.2) is 19.8 Å². The normalized spacial score (nSPS) is 20.0. The Balaban J connectivity index is 2.18. The standard InChI is InChI=1S/C16H12ClFO3/c1-20-12-5-2-10(3-6-12)16(9-18)14-8-11(17)4-7-13(14)15(19)21-16/h2-8H,9H2,1H3. The molecule has 2 aromatic rings. The number of esters is 1. The Kier molecular flexibility index (Phi) is 3.33. The zero-order valence-electron chi connectivity index (χ0n) is 11.2. The fourth-order valence-electron chi connectivity index (χ4n) is 2.55. The third kappa shape index (κ3) is 2.07. The Labute approximate surface area is 126 Å². The van der Waals surface area contributed by atoms with Crippen molar-refractivity contribution in [1.29, 1.82) is 0 Å². The molecule has 0 saturated carbocycles. The molecule has 0 aliphatic carbocycles. The van der Waals surface area contributed by atoms with Crippen LogP contribution in [0.2, 0.25) is 5.02 Å². The van der Waals surface area contributed by atoms with Gasteiger partial charge in [0.25, 0.3) is 0 Å². The predicted octanol–water partition coefficient (Wildman–Crippen LogP) is 3.73. The Morgan fingerprint density at radius 1 is 1.24 bits per heavy atom. The highest BCUT2D eigenvalue weighted by atomic mass is 35.5. The van der Waals surface area contributed by atoms with Gasteiger partial charge in [0.1, 0.15) is 12.4 Å². The molecule has 108 valence electrons. The summed E-state index contributed by atoms with van der Waals surface area (Å²) in [6.07, 6.45) is 0. The van der Waals surface area contributed by atoms with Gasteiger partial charge in [-0.1, -0.05) is 23.7 Å². The lowest BCUT2D eigenvalue weighted by atomic mass is 9.86. The van der Waals surface area contributed by atoms with E-state index in [2.05, 4.69) is 0 Å². The lowest BCUT2D eigenvalue weighted by Crippen LogP contribution is -2.30. The molecule has 0 spiro atoms. The van der Waals surface area contributed by atoms with Gasteiger partial charge in [0.05, 0.1) is 12.7 Å². The molecule has 1 unspecified atom stereocenters. The number of alkyl halides is 1. The zero-order chi connectivity index (χ0) is 15.0. The van der Waals surface area contributed by atoms with Gasteiger partial charge < -0.3 is 9.47 Å². The molecule has 0 fully saturated rings. The molecule has 0 amide bonds. The highest BCUT2D eigenvalue weighted by Gasteiger charge is 2.47. The number of carbonyl (C=O) groups is 1. The van der Waals surface area contributed by atoms with Crippen molar-refractivity contribution in [3.63, 3.8) is 0 Å². The van der Waals surface area contributed by atoms with E-state index < -0.39 is 18.2 Å². The summed E-state index contributed by atoms with van der Waals surface area (Å²) >= 11 is 5.98. The first kappa shape index (κ1) is 13.9. The summed E-state index contributed by atoms with van der Waals surface area (Å²) in [6.45, 7) is -0.863. The van der Waals surface area contributed by atoms with E-state index in [-0.39, 0.29) is 0 Å². The molecule has 1 aliphatic rings. The van der Waals surface area contributed by atoms with Crippen LogP contribution in [0.4, 0.5) is 4.39 Å². The van der Waals surface area contributed by atoms with Crippen LogP contribution in [0.3, 0.4) is 0 Å². The molecule has 1 aliphatic heterocycles. The van der Waals surface area contributed by atoms with Crippen LogP contribution in [0.5, 0.6) is 5.75 Å². The van der Waals surface area contributed by atoms with Crippen molar-refractivity contribution in [2.45, 2.75) is 5.60 Å². The smallest absolute Gasteiger partial charge is 0.339 e. The Hall–Kier alpha value is -2.07. The van der Waals surface area contributed by atoms with E-state index in [0.717, 1.165) is 0 Å². The molecular formula is C16H12ClFO3. The Morgan fingerprint density at radius 2 is 1.95 bits per heavy atom. The number of hydrogen-bond acceptors (Lipinski definition) is 3. The maximum atomic E-state index is 13.9. The summed E-state index contributed by atoms with van der Waals surface area (Å²) in [5, 5.41) is 0.429. The van der Waals surface area contributed by atoms with Crippen LogP contribution in [0.1, 0.15) is 21.5 Å². The van der Waals surface area contributed by atoms with E-state index in [1.54, 1.807) is 49.6 Å². The SMILES string of the molecule is COc1ccc(C2(CF)OC(=O)c3ccc(Cl)cc32)cc1. The quantitative estimate of drug-likeness (QED) is 0.811. The molecule has 1 atom stereocenters. The molecule has 0 N–H and O–H groups in total. The molecule has 0 saturated heterocycles. The van der Waals surface area contributed by atoms with Crippen LogP contribution in [0, 0.1) is 0 Å². The number of benzene rings is 2. The average Bonchev–Trinajstić information content (AvgIpc) is 2.80. The summed E-state index contributed by atoms with van der Waals surface area (Å²) in [5.41, 5.74) is -0.107. The lowest BCUT2D eigenvalue weighted by molar-refractivity contribution is 0.000381. The monoisotopic (exact) mass is 306 g/mol. The third-order valence-corrected chi connectivity index (χ3v) is 3.88. The number of fused-ring (bicyclic) bond motifs is 1. The topological polar surface area (TPSA) is 35.5 Å². The first-order valence-electron chi connectivity index (χ1n) is 6.34. The molecule has 3 nitrogen and oxygen atoms in total. The first-order chi connectivity index (χ1) is 10.1. The highest BCUT2D eigenvalue weighted by molar-refractivity contribution is 6.30. The molecule has 5 heteroatoms. The van der Waals surface area contributed by atoms with Gasteiger partial charge in [-0.15, -0.1) is 0 Å². The van der Waals surface area contributed by atoms with Crippen molar-refractivity contribution in [1.82, 2.24) is 0 Å². The van der Waals surface area contributed by atoms with Gasteiger partial charge in [-0.2, -0.15) is 0 Å². The van der Waals surface area contributed by atoms with Gasteiger partial charge >= 0.3 is 5.97 Å². The van der Waals surface area contributed by atoms with Gasteiger partial charge in [-0.05, 0) is 30.3 Å². The molecule has 2 aromatic carbocycles. The average molecular weight is 307 g/mol. The maximum Gasteiger partial charge on any atom is 0.339 e. The second-order valence-electron chi connectivity index (χ2n) is 4.77. The van der Waals surface area contributed by atoms with Crippen molar-refractivity contribution in [2.75, 3.05) is 13.8 Å². The number of methoxy groups -OCH3 is 1. The first-order valence-corrected chi connectivity index (χ1v) is 6.72. The number of carbonyl (C=O) groups excluding carboxylic acids is 1. The van der Waals surface area contributed by atoms with E-state index in [1.807, 2.05) is 0 Å². The zero-order valence-corrected chi connectivity index (χ0v) is 12.0. The largest absolute Gasteiger partial charge is 0.497 e. The third-order valence-electron chi connectivity index (χ3n) is 3.65. The fourth-order valence-corrected chi connectivity index (χ4v) is 2.72. The van der Waals surface area contributed by atoms with E-state index in [0.29, 0.717) is 27.5 Å². The number of cyclic esters (lactones) is 1. The maximum absolute atomic E-state index is 13.9. The molecule has 1 heterocycles. The minimum Gasteiger partial charge on any atom is -0.497 e. The van der Waals surface area contributed by atoms with Crippen LogP contribution in [0.25, 0.3) is 0 Å². The minimum atomic E-state index is -1.44. The second kappa shape index (κ2) is 5.04. The summed E-state index contributed by atoms with van der Waals surface area (Å²) in [6, 6.07) is 11.5. The molecule has 21 heavy (non-hydrogen) atoms. The summed E-state index contributed by atoms with van der Waals surface area (Å²) in [4.78, 5) is 12.0. The number of hydrogen-bond donors (Lipinski definition) is 0. The fraction of sp³-hybridized carbons (Fsp3) is 0.188. The van der Waals surface area contributed by atoms with Crippen LogP contribution < -0.4 is 4.74 Å². The van der Waals surface area contributed by atoms with Crippen LogP contribution in [-0.2, 0) is 10.3 Å². The van der Waals surface area contributed by atoms with Crippen LogP contribution >= 0.6 is 11.6 Å². The van der Waals surface area contributed by atoms with Gasteiger partial charge in [0.15, 0.2) is 5.60 Å². The van der Waals surface area contributed by atoms with E-state index in [1.165, 1.54) is 0 Å². The lowest BCUT2D eigenvalue weighted by Gasteiger charge is -2.26. The van der Waals surface area contributed by atoms with Gasteiger partial charge in [-0.25, -0.2) is 9.18 Å².